The number of benzene rings is 1. The monoisotopic (exact) mass is 628 g/mol. The lowest BCUT2D eigenvalue weighted by atomic mass is 10.0. The summed E-state index contributed by atoms with van der Waals surface area (Å²) in [6.45, 7) is 10.3. The fourth-order valence-corrected chi connectivity index (χ4v) is 6.54. The van der Waals surface area contributed by atoms with E-state index in [9.17, 15) is 13.2 Å². The van der Waals surface area contributed by atoms with E-state index in [2.05, 4.69) is 27.0 Å². The second-order valence-electron chi connectivity index (χ2n) is 12.1. The first kappa shape index (κ1) is 36.0. The van der Waals surface area contributed by atoms with E-state index in [4.69, 9.17) is 4.18 Å². The minimum absolute atomic E-state index is 0.0294. The van der Waals surface area contributed by atoms with Crippen molar-refractivity contribution >= 4 is 21.8 Å². The Morgan fingerprint density at radius 3 is 1.84 bits per heavy atom. The first-order chi connectivity index (χ1) is 21.4. The molecule has 8 nitrogen and oxygen atoms in total. The van der Waals surface area contributed by atoms with Crippen molar-refractivity contribution < 1.29 is 17.4 Å². The highest BCUT2D eigenvalue weighted by Crippen LogP contribution is 2.17. The highest BCUT2D eigenvalue weighted by Gasteiger charge is 2.17. The number of carbonyl (C=O) groups excluding carboxylic acids is 1. The number of aromatic nitrogens is 1. The van der Waals surface area contributed by atoms with Gasteiger partial charge in [0.05, 0.1) is 17.1 Å². The van der Waals surface area contributed by atoms with Gasteiger partial charge in [0.15, 0.2) is 0 Å². The van der Waals surface area contributed by atoms with Crippen LogP contribution < -0.4 is 10.2 Å². The van der Waals surface area contributed by atoms with Crippen molar-refractivity contribution in [3.05, 3.63) is 53.7 Å². The molecule has 246 valence electrons. The predicted octanol–water partition coefficient (Wildman–Crippen LogP) is 7.13. The average Bonchev–Trinajstić information content (AvgIpc) is 3.04. The molecule has 1 aliphatic rings. The molecule has 0 atom stereocenters. The molecule has 1 fully saturated rings. The maximum atomic E-state index is 12.5. The van der Waals surface area contributed by atoms with E-state index < -0.39 is 10.1 Å². The molecule has 0 aliphatic carbocycles. The summed E-state index contributed by atoms with van der Waals surface area (Å²) >= 11 is 0. The maximum absolute atomic E-state index is 12.5. The Labute approximate surface area is 267 Å². The first-order valence-electron chi connectivity index (χ1n) is 17.1. The van der Waals surface area contributed by atoms with E-state index >= 15 is 0 Å². The van der Waals surface area contributed by atoms with Gasteiger partial charge in [-0.2, -0.15) is 8.42 Å². The van der Waals surface area contributed by atoms with Gasteiger partial charge in [0, 0.05) is 38.9 Å². The summed E-state index contributed by atoms with van der Waals surface area (Å²) in [5.74, 6) is 0.931. The molecule has 1 aromatic carbocycles. The van der Waals surface area contributed by atoms with Crippen LogP contribution >= 0.6 is 0 Å². The van der Waals surface area contributed by atoms with Crippen LogP contribution in [0.3, 0.4) is 0 Å². The van der Waals surface area contributed by atoms with Crippen molar-refractivity contribution in [3.63, 3.8) is 0 Å². The predicted molar refractivity (Wildman–Crippen MR) is 180 cm³/mol. The molecular formula is C35H56N4O4S. The van der Waals surface area contributed by atoms with Crippen molar-refractivity contribution in [3.8, 4) is 0 Å². The van der Waals surface area contributed by atoms with Crippen LogP contribution in [0, 0.1) is 6.92 Å². The molecule has 1 amide bonds. The minimum Gasteiger partial charge on any atom is -0.354 e. The van der Waals surface area contributed by atoms with Crippen molar-refractivity contribution in [1.82, 2.24) is 15.2 Å². The van der Waals surface area contributed by atoms with E-state index in [1.54, 1.807) is 30.5 Å². The zero-order valence-electron chi connectivity index (χ0n) is 27.3. The number of nitrogens with zero attached hydrogens (tertiary/aromatic N) is 3. The van der Waals surface area contributed by atoms with E-state index in [1.807, 2.05) is 19.1 Å². The summed E-state index contributed by atoms with van der Waals surface area (Å²) in [6.07, 6.45) is 18.3. The number of hydrogen-bond acceptors (Lipinski definition) is 7. The molecule has 0 bridgehead atoms. The number of pyridine rings is 1. The SMILES string of the molecule is CCN1CCN(c2ccc(C(=O)NCCCCCCCCCCCCCCCCOS(=O)(=O)c3ccc(C)cc3)cn2)CC1. The van der Waals surface area contributed by atoms with E-state index in [1.165, 1.54) is 57.8 Å². The van der Waals surface area contributed by atoms with Crippen molar-refractivity contribution in [2.45, 2.75) is 109 Å². The Hall–Kier alpha value is -2.49. The molecule has 1 aliphatic heterocycles. The highest BCUT2D eigenvalue weighted by molar-refractivity contribution is 7.86. The fraction of sp³-hybridized carbons (Fsp3) is 0.657. The van der Waals surface area contributed by atoms with Crippen LogP contribution in [0.4, 0.5) is 5.82 Å². The highest BCUT2D eigenvalue weighted by atomic mass is 32.2. The third-order valence-corrected chi connectivity index (χ3v) is 9.88. The van der Waals surface area contributed by atoms with E-state index in [0.717, 1.165) is 82.8 Å². The number of aryl methyl sites for hydroxylation is 1. The number of piperazine rings is 1. The van der Waals surface area contributed by atoms with Crippen LogP contribution in [-0.2, 0) is 14.3 Å². The molecule has 0 radical (unpaired) electrons. The van der Waals surface area contributed by atoms with E-state index in [-0.39, 0.29) is 17.4 Å². The standard InChI is InChI=1S/C35H56N4O4S/c1-3-38-25-27-39(28-26-38)34-23-20-32(30-37-34)35(40)36-24-16-14-12-10-8-6-4-5-7-9-11-13-15-17-29-43-44(41,42)33-21-18-31(2)19-22-33/h18-23,30H,3-17,24-29H2,1-2H3,(H,36,40). The Kier molecular flexibility index (Phi) is 16.8. The zero-order chi connectivity index (χ0) is 31.5. The Bertz CT molecular complexity index is 1160. The molecule has 9 heteroatoms. The van der Waals surface area contributed by atoms with Gasteiger partial charge in [-0.3, -0.25) is 8.98 Å². The zero-order valence-corrected chi connectivity index (χ0v) is 28.1. The van der Waals surface area contributed by atoms with Gasteiger partial charge in [-0.25, -0.2) is 4.98 Å². The lowest BCUT2D eigenvalue weighted by molar-refractivity contribution is 0.0952. The van der Waals surface area contributed by atoms with E-state index in [0.29, 0.717) is 5.56 Å². The fourth-order valence-electron chi connectivity index (χ4n) is 5.59. The Balaban J connectivity index is 1.06. The minimum atomic E-state index is -3.64. The summed E-state index contributed by atoms with van der Waals surface area (Å²) in [6, 6.07) is 10.6. The van der Waals surface area contributed by atoms with Crippen LogP contribution in [0.15, 0.2) is 47.5 Å². The number of anilines is 1. The van der Waals surface area contributed by atoms with Gasteiger partial charge in [-0.05, 0) is 50.6 Å². The van der Waals surface area contributed by atoms with Gasteiger partial charge in [-0.15, -0.1) is 0 Å². The normalized spacial score (nSPS) is 14.2. The molecule has 2 heterocycles. The number of unbranched alkanes of at least 4 members (excludes halogenated alkanes) is 13. The quantitative estimate of drug-likeness (QED) is 0.110. The van der Waals surface area contributed by atoms with Crippen molar-refractivity contribution in [2.24, 2.45) is 0 Å². The molecule has 0 saturated carbocycles. The lowest BCUT2D eigenvalue weighted by Gasteiger charge is -2.34. The van der Waals surface area contributed by atoms with Crippen molar-refractivity contribution in [2.75, 3.05) is 50.8 Å². The van der Waals surface area contributed by atoms with Crippen LogP contribution in [0.25, 0.3) is 0 Å². The van der Waals surface area contributed by atoms with Gasteiger partial charge in [0.25, 0.3) is 16.0 Å². The second-order valence-corrected chi connectivity index (χ2v) is 13.7. The molecule has 0 unspecified atom stereocenters. The topological polar surface area (TPSA) is 91.8 Å². The molecule has 44 heavy (non-hydrogen) atoms. The third kappa shape index (κ3) is 13.7. The molecule has 1 saturated heterocycles. The Morgan fingerprint density at radius 2 is 1.32 bits per heavy atom. The maximum Gasteiger partial charge on any atom is 0.296 e. The number of amides is 1. The first-order valence-corrected chi connectivity index (χ1v) is 18.5. The van der Waals surface area contributed by atoms with Gasteiger partial charge >= 0.3 is 0 Å². The van der Waals surface area contributed by atoms with Crippen LogP contribution in [0.2, 0.25) is 0 Å². The lowest BCUT2D eigenvalue weighted by Crippen LogP contribution is -2.46. The van der Waals surface area contributed by atoms with Gasteiger partial charge in [0.2, 0.25) is 0 Å². The van der Waals surface area contributed by atoms with Gasteiger partial charge in [0.1, 0.15) is 5.82 Å². The number of hydrogen-bond donors (Lipinski definition) is 1. The van der Waals surface area contributed by atoms with Gasteiger partial charge < -0.3 is 15.1 Å². The van der Waals surface area contributed by atoms with Crippen LogP contribution in [-0.4, -0.2) is 70.1 Å². The molecular weight excluding hydrogens is 572 g/mol. The number of nitrogens with one attached hydrogen (secondary N) is 1. The number of rotatable bonds is 22. The van der Waals surface area contributed by atoms with Gasteiger partial charge in [-0.1, -0.05) is 102 Å². The smallest absolute Gasteiger partial charge is 0.296 e. The summed E-state index contributed by atoms with van der Waals surface area (Å²) in [5.41, 5.74) is 1.67. The number of likely N-dealkylation sites (N-methyl/N-ethyl adjacent to an activating group) is 1. The molecule has 2 aromatic rings. The van der Waals surface area contributed by atoms with Crippen LogP contribution in [0.1, 0.15) is 113 Å². The molecule has 0 spiro atoms. The molecule has 1 N–H and O–H groups in total. The summed E-state index contributed by atoms with van der Waals surface area (Å²) < 4.78 is 29.6. The summed E-state index contributed by atoms with van der Waals surface area (Å²) in [7, 11) is -3.64. The summed E-state index contributed by atoms with van der Waals surface area (Å²) in [5, 5.41) is 3.04. The molecule has 3 rings (SSSR count). The molecule has 1 aromatic heterocycles. The van der Waals surface area contributed by atoms with Crippen LogP contribution in [0.5, 0.6) is 0 Å². The third-order valence-electron chi connectivity index (χ3n) is 8.56. The average molecular weight is 629 g/mol. The largest absolute Gasteiger partial charge is 0.354 e. The second kappa shape index (κ2) is 20.5. The summed E-state index contributed by atoms with van der Waals surface area (Å²) in [4.78, 5) is 22.0. The Morgan fingerprint density at radius 1 is 0.773 bits per heavy atom. The number of carbonyl (C=O) groups is 1. The van der Waals surface area contributed by atoms with Crippen molar-refractivity contribution in [1.29, 1.82) is 0 Å².